The van der Waals surface area contributed by atoms with Crippen molar-refractivity contribution in [1.82, 2.24) is 9.55 Å². The molecule has 2 aromatic rings. The van der Waals surface area contributed by atoms with Crippen LogP contribution in [0, 0.1) is 6.92 Å². The number of hydrogen-bond acceptors (Lipinski definition) is 4. The summed E-state index contributed by atoms with van der Waals surface area (Å²) in [5.74, 6) is -1.20. The molecule has 0 radical (unpaired) electrons. The molecular formula is C15H15FN2O4. The summed E-state index contributed by atoms with van der Waals surface area (Å²) in [6, 6.07) is 8.81. The van der Waals surface area contributed by atoms with Crippen molar-refractivity contribution in [2.24, 2.45) is 0 Å². The highest BCUT2D eigenvalue weighted by Crippen LogP contribution is 2.19. The van der Waals surface area contributed by atoms with Gasteiger partial charge in [-0.05, 0) is 19.4 Å². The number of rotatable bonds is 4. The van der Waals surface area contributed by atoms with Crippen LogP contribution in [0.25, 0.3) is 0 Å². The number of ether oxygens (including phenoxy) is 1. The lowest BCUT2D eigenvalue weighted by molar-refractivity contribution is -0.158. The van der Waals surface area contributed by atoms with Crippen molar-refractivity contribution in [1.29, 1.82) is 0 Å². The Morgan fingerprint density at radius 3 is 2.55 bits per heavy atom. The second-order valence-corrected chi connectivity index (χ2v) is 4.80. The van der Waals surface area contributed by atoms with E-state index in [2.05, 4.69) is 0 Å². The Bertz CT molecular complexity index is 782. The minimum absolute atomic E-state index is 0.117. The molecule has 1 heterocycles. The fraction of sp³-hybridized carbons (Fsp3) is 0.267. The zero-order valence-corrected chi connectivity index (χ0v) is 12.1. The monoisotopic (exact) mass is 306 g/mol. The molecule has 1 aromatic carbocycles. The molecule has 0 saturated heterocycles. The van der Waals surface area contributed by atoms with E-state index in [1.54, 1.807) is 37.3 Å². The molecule has 0 aliphatic rings. The highest BCUT2D eigenvalue weighted by atomic mass is 19.1. The van der Waals surface area contributed by atoms with Gasteiger partial charge in [0.05, 0.1) is 0 Å². The first-order valence-corrected chi connectivity index (χ1v) is 6.61. The van der Waals surface area contributed by atoms with Crippen LogP contribution in [0.2, 0.25) is 0 Å². The molecule has 2 rings (SSSR count). The summed E-state index contributed by atoms with van der Waals surface area (Å²) >= 11 is 0. The van der Waals surface area contributed by atoms with Gasteiger partial charge in [0.2, 0.25) is 0 Å². The van der Waals surface area contributed by atoms with Crippen LogP contribution < -0.4 is 11.2 Å². The fourth-order valence-electron chi connectivity index (χ4n) is 1.89. The molecule has 6 nitrogen and oxygen atoms in total. The third-order valence-electron chi connectivity index (χ3n) is 3.15. The number of nitrogens with one attached hydrogen (secondary N) is 1. The van der Waals surface area contributed by atoms with Gasteiger partial charge in [0, 0.05) is 11.8 Å². The van der Waals surface area contributed by atoms with Crippen LogP contribution in [0.5, 0.6) is 0 Å². The number of H-pyrrole nitrogens is 1. The van der Waals surface area contributed by atoms with Crippen LogP contribution >= 0.6 is 0 Å². The molecule has 2 atom stereocenters. The van der Waals surface area contributed by atoms with Gasteiger partial charge in [-0.25, -0.2) is 14.0 Å². The number of carbonyl (C=O) groups is 1. The number of aryl methyl sites for hydroxylation is 1. The zero-order valence-electron chi connectivity index (χ0n) is 12.1. The first-order chi connectivity index (χ1) is 10.4. The van der Waals surface area contributed by atoms with Crippen molar-refractivity contribution in [3.05, 3.63) is 68.5 Å². The van der Waals surface area contributed by atoms with Crippen molar-refractivity contribution >= 4 is 5.97 Å². The fourth-order valence-corrected chi connectivity index (χ4v) is 1.89. The van der Waals surface area contributed by atoms with Gasteiger partial charge in [0.25, 0.3) is 11.9 Å². The highest BCUT2D eigenvalue weighted by Gasteiger charge is 2.25. The molecule has 1 unspecified atom stereocenters. The highest BCUT2D eigenvalue weighted by molar-refractivity contribution is 5.72. The number of carbonyl (C=O) groups excluding carboxylic acids is 1. The minimum Gasteiger partial charge on any atom is -0.454 e. The van der Waals surface area contributed by atoms with E-state index in [1.165, 1.54) is 6.92 Å². The first kappa shape index (κ1) is 15.7. The Balaban J connectivity index is 2.18. The third kappa shape index (κ3) is 3.30. The lowest BCUT2D eigenvalue weighted by Crippen LogP contribution is -2.35. The zero-order chi connectivity index (χ0) is 16.3. The molecule has 1 N–H and O–H groups in total. The third-order valence-corrected chi connectivity index (χ3v) is 3.15. The van der Waals surface area contributed by atoms with Crippen LogP contribution in [0.3, 0.4) is 0 Å². The van der Waals surface area contributed by atoms with Crippen LogP contribution in [-0.4, -0.2) is 15.5 Å². The van der Waals surface area contributed by atoms with Gasteiger partial charge >= 0.3 is 11.7 Å². The van der Waals surface area contributed by atoms with E-state index in [0.717, 1.165) is 6.20 Å². The number of aromatic nitrogens is 2. The summed E-state index contributed by atoms with van der Waals surface area (Å²) in [4.78, 5) is 36.6. The van der Waals surface area contributed by atoms with E-state index in [-0.39, 0.29) is 5.56 Å². The minimum atomic E-state index is -2.32. The maximum absolute atomic E-state index is 14.1. The van der Waals surface area contributed by atoms with Gasteiger partial charge in [-0.15, -0.1) is 0 Å². The largest absolute Gasteiger partial charge is 0.454 e. The van der Waals surface area contributed by atoms with Gasteiger partial charge in [-0.3, -0.25) is 14.3 Å². The molecule has 0 amide bonds. The molecule has 0 aliphatic carbocycles. The summed E-state index contributed by atoms with van der Waals surface area (Å²) < 4.78 is 19.7. The second kappa shape index (κ2) is 6.38. The lowest BCUT2D eigenvalue weighted by Gasteiger charge is -2.16. The normalized spacial score (nSPS) is 13.4. The molecule has 0 fully saturated rings. The topological polar surface area (TPSA) is 81.2 Å². The molecule has 7 heteroatoms. The molecule has 22 heavy (non-hydrogen) atoms. The summed E-state index contributed by atoms with van der Waals surface area (Å²) in [5, 5.41) is 0. The van der Waals surface area contributed by atoms with Gasteiger partial charge in [-0.2, -0.15) is 0 Å². The van der Waals surface area contributed by atoms with Crippen LogP contribution in [0.4, 0.5) is 4.39 Å². The average Bonchev–Trinajstić information content (AvgIpc) is 2.51. The second-order valence-electron chi connectivity index (χ2n) is 4.80. The molecule has 0 aliphatic heterocycles. The van der Waals surface area contributed by atoms with E-state index >= 15 is 0 Å². The number of aromatic amines is 1. The Kier molecular flexibility index (Phi) is 4.55. The van der Waals surface area contributed by atoms with Gasteiger partial charge in [-0.1, -0.05) is 30.3 Å². The SMILES string of the molecule is Cc1cn([C@H](F)C(=O)OC(C)c2ccccc2)c(=O)[nH]c1=O. The number of hydrogen-bond donors (Lipinski definition) is 1. The number of halogens is 1. The summed E-state index contributed by atoms with van der Waals surface area (Å²) in [5.41, 5.74) is -0.814. The van der Waals surface area contributed by atoms with E-state index in [4.69, 9.17) is 4.74 Å². The predicted octanol–water partition coefficient (Wildman–Crippen LogP) is 1.62. The number of alkyl halides is 1. The smallest absolute Gasteiger partial charge is 0.363 e. The van der Waals surface area contributed by atoms with E-state index < -0.39 is 29.6 Å². The van der Waals surface area contributed by atoms with E-state index in [9.17, 15) is 18.8 Å². The standard InChI is InChI=1S/C15H15FN2O4/c1-9-8-18(15(21)17-13(9)19)12(16)14(20)22-10(2)11-6-4-3-5-7-11/h3-8,10,12H,1-2H3,(H,17,19,21)/t10?,12-/m0/s1. The van der Waals surface area contributed by atoms with Crippen molar-refractivity contribution in [3.8, 4) is 0 Å². The Labute approximate surface area is 125 Å². The maximum atomic E-state index is 14.1. The maximum Gasteiger partial charge on any atom is 0.363 e. The molecule has 0 bridgehead atoms. The number of esters is 1. The van der Waals surface area contributed by atoms with Gasteiger partial charge in [0.1, 0.15) is 6.10 Å². The van der Waals surface area contributed by atoms with Gasteiger partial charge < -0.3 is 4.74 Å². The van der Waals surface area contributed by atoms with Crippen LogP contribution in [-0.2, 0) is 9.53 Å². The molecule has 116 valence electrons. The number of nitrogens with zero attached hydrogens (tertiary/aromatic N) is 1. The van der Waals surface area contributed by atoms with Gasteiger partial charge in [0.15, 0.2) is 0 Å². The van der Waals surface area contributed by atoms with E-state index in [1.807, 2.05) is 4.98 Å². The molecule has 0 spiro atoms. The predicted molar refractivity (Wildman–Crippen MR) is 77.2 cm³/mol. The average molecular weight is 306 g/mol. The summed E-state index contributed by atoms with van der Waals surface area (Å²) in [6.07, 6.45) is -2.00. The molecular weight excluding hydrogens is 291 g/mol. The van der Waals surface area contributed by atoms with Crippen molar-refractivity contribution in [3.63, 3.8) is 0 Å². The summed E-state index contributed by atoms with van der Waals surface area (Å²) in [7, 11) is 0. The first-order valence-electron chi connectivity index (χ1n) is 6.61. The number of benzene rings is 1. The van der Waals surface area contributed by atoms with Crippen molar-refractivity contribution < 1.29 is 13.9 Å². The van der Waals surface area contributed by atoms with E-state index in [0.29, 0.717) is 10.1 Å². The Hall–Kier alpha value is -2.70. The Morgan fingerprint density at radius 2 is 1.91 bits per heavy atom. The quantitative estimate of drug-likeness (QED) is 0.870. The van der Waals surface area contributed by atoms with Crippen molar-refractivity contribution in [2.75, 3.05) is 0 Å². The summed E-state index contributed by atoms with van der Waals surface area (Å²) in [6.45, 7) is 3.00. The molecule has 0 saturated carbocycles. The van der Waals surface area contributed by atoms with Crippen molar-refractivity contribution in [2.45, 2.75) is 26.2 Å². The Morgan fingerprint density at radius 1 is 1.27 bits per heavy atom. The van der Waals surface area contributed by atoms with Crippen LogP contribution in [0.1, 0.15) is 30.5 Å². The lowest BCUT2D eigenvalue weighted by atomic mass is 10.1. The van der Waals surface area contributed by atoms with Crippen LogP contribution in [0.15, 0.2) is 46.1 Å². The molecule has 1 aromatic heterocycles.